The Labute approximate surface area is 124 Å². The average Bonchev–Trinajstić information content (AvgIpc) is 2.43. The Hall–Kier alpha value is -0.960. The Balaban J connectivity index is 2.93. The Bertz CT molecular complexity index is 390. The zero-order valence-electron chi connectivity index (χ0n) is 13.9. The molecule has 1 aromatic heterocycles. The van der Waals surface area contributed by atoms with Crippen molar-refractivity contribution in [2.24, 2.45) is 5.92 Å². The van der Waals surface area contributed by atoms with Crippen LogP contribution in [0.2, 0.25) is 0 Å². The summed E-state index contributed by atoms with van der Waals surface area (Å²) in [6.45, 7) is 12.1. The fraction of sp³-hybridized carbons (Fsp3) is 0.765. The first-order chi connectivity index (χ1) is 9.62. The number of hydrogen-bond acceptors (Lipinski definition) is 3. The van der Waals surface area contributed by atoms with Gasteiger partial charge in [-0.3, -0.25) is 0 Å². The molecule has 2 unspecified atom stereocenters. The summed E-state index contributed by atoms with van der Waals surface area (Å²) in [5.41, 5.74) is 3.52. The van der Waals surface area contributed by atoms with Crippen LogP contribution in [-0.2, 0) is 6.42 Å². The van der Waals surface area contributed by atoms with Gasteiger partial charge < -0.3 is 5.32 Å². The largest absolute Gasteiger partial charge is 0.310 e. The topological polar surface area (TPSA) is 37.8 Å². The fourth-order valence-corrected chi connectivity index (χ4v) is 2.76. The third kappa shape index (κ3) is 5.20. The van der Waals surface area contributed by atoms with Gasteiger partial charge in [-0.1, -0.05) is 40.5 Å². The smallest absolute Gasteiger partial charge is 0.0676 e. The van der Waals surface area contributed by atoms with Crippen molar-refractivity contribution in [2.45, 2.75) is 72.8 Å². The summed E-state index contributed by atoms with van der Waals surface area (Å²) in [4.78, 5) is 0. The lowest BCUT2D eigenvalue weighted by atomic mass is 9.91. The van der Waals surface area contributed by atoms with Crippen molar-refractivity contribution in [3.63, 3.8) is 0 Å². The number of rotatable bonds is 9. The van der Waals surface area contributed by atoms with Gasteiger partial charge in [0.25, 0.3) is 0 Å². The number of nitrogens with zero attached hydrogens (tertiary/aromatic N) is 2. The van der Waals surface area contributed by atoms with E-state index < -0.39 is 0 Å². The molecule has 0 saturated heterocycles. The van der Waals surface area contributed by atoms with E-state index in [9.17, 15) is 0 Å². The number of nitrogens with one attached hydrogen (secondary N) is 1. The van der Waals surface area contributed by atoms with Gasteiger partial charge in [-0.2, -0.15) is 10.2 Å². The minimum atomic E-state index is 0.417. The average molecular weight is 277 g/mol. The van der Waals surface area contributed by atoms with E-state index in [1.54, 1.807) is 0 Å². The van der Waals surface area contributed by atoms with Crippen LogP contribution in [0.5, 0.6) is 0 Å². The highest BCUT2D eigenvalue weighted by Gasteiger charge is 2.18. The van der Waals surface area contributed by atoms with E-state index in [2.05, 4.69) is 49.3 Å². The highest BCUT2D eigenvalue weighted by molar-refractivity contribution is 5.25. The highest BCUT2D eigenvalue weighted by Crippen LogP contribution is 2.26. The zero-order valence-corrected chi connectivity index (χ0v) is 13.9. The molecule has 0 aliphatic heterocycles. The van der Waals surface area contributed by atoms with Crippen LogP contribution >= 0.6 is 0 Å². The van der Waals surface area contributed by atoms with E-state index in [-0.39, 0.29) is 0 Å². The summed E-state index contributed by atoms with van der Waals surface area (Å²) in [6, 6.07) is 2.64. The van der Waals surface area contributed by atoms with Crippen molar-refractivity contribution in [1.82, 2.24) is 15.5 Å². The lowest BCUT2D eigenvalue weighted by Gasteiger charge is -2.24. The maximum atomic E-state index is 4.39. The van der Waals surface area contributed by atoms with Crippen LogP contribution < -0.4 is 5.32 Å². The maximum absolute atomic E-state index is 4.39. The van der Waals surface area contributed by atoms with Gasteiger partial charge in [0.1, 0.15) is 0 Å². The van der Waals surface area contributed by atoms with Crippen molar-refractivity contribution >= 4 is 0 Å². The predicted molar refractivity (Wildman–Crippen MR) is 85.9 cm³/mol. The SMILES string of the molecule is CCCNC(CC(C)CCC)c1cc(C)nnc1CC. The van der Waals surface area contributed by atoms with E-state index in [1.165, 1.54) is 24.8 Å². The highest BCUT2D eigenvalue weighted by atomic mass is 15.1. The molecule has 1 aromatic rings. The van der Waals surface area contributed by atoms with Gasteiger partial charge in [0.05, 0.1) is 11.4 Å². The molecule has 20 heavy (non-hydrogen) atoms. The molecule has 0 bridgehead atoms. The Morgan fingerprint density at radius 1 is 1.15 bits per heavy atom. The number of aromatic nitrogens is 2. The fourth-order valence-electron chi connectivity index (χ4n) is 2.76. The van der Waals surface area contributed by atoms with E-state index in [4.69, 9.17) is 0 Å². The summed E-state index contributed by atoms with van der Waals surface area (Å²) in [5, 5.41) is 12.3. The quantitative estimate of drug-likeness (QED) is 0.734. The van der Waals surface area contributed by atoms with Crippen LogP contribution in [0.15, 0.2) is 6.07 Å². The molecule has 2 atom stereocenters. The molecule has 0 aromatic carbocycles. The normalized spacial score (nSPS) is 14.2. The first-order valence-corrected chi connectivity index (χ1v) is 8.18. The van der Waals surface area contributed by atoms with Gasteiger partial charge in [-0.05, 0) is 50.3 Å². The molecule has 1 rings (SSSR count). The van der Waals surface area contributed by atoms with Crippen LogP contribution in [0.25, 0.3) is 0 Å². The second kappa shape index (κ2) is 9.06. The monoisotopic (exact) mass is 277 g/mol. The first kappa shape index (κ1) is 17.1. The van der Waals surface area contributed by atoms with Crippen molar-refractivity contribution < 1.29 is 0 Å². The predicted octanol–water partition coefficient (Wildman–Crippen LogP) is 4.21. The second-order valence-corrected chi connectivity index (χ2v) is 5.88. The van der Waals surface area contributed by atoms with Crippen LogP contribution in [0, 0.1) is 12.8 Å². The molecular formula is C17H31N3. The lowest BCUT2D eigenvalue weighted by Crippen LogP contribution is -2.25. The molecule has 0 aliphatic carbocycles. The van der Waals surface area contributed by atoms with Crippen LogP contribution in [0.1, 0.15) is 76.4 Å². The Kier molecular flexibility index (Phi) is 7.75. The van der Waals surface area contributed by atoms with Crippen LogP contribution in [0.3, 0.4) is 0 Å². The van der Waals surface area contributed by atoms with Gasteiger partial charge in [0, 0.05) is 6.04 Å². The van der Waals surface area contributed by atoms with Gasteiger partial charge in [0.15, 0.2) is 0 Å². The molecule has 1 N–H and O–H groups in total. The van der Waals surface area contributed by atoms with Crippen molar-refractivity contribution in [3.8, 4) is 0 Å². The molecule has 0 fully saturated rings. The van der Waals surface area contributed by atoms with Crippen LogP contribution in [-0.4, -0.2) is 16.7 Å². The molecule has 3 nitrogen and oxygen atoms in total. The third-order valence-corrected chi connectivity index (χ3v) is 3.80. The zero-order chi connectivity index (χ0) is 15.0. The van der Waals surface area contributed by atoms with E-state index in [1.807, 2.05) is 6.92 Å². The molecule has 0 aliphatic rings. The molecule has 3 heteroatoms. The summed E-state index contributed by atoms with van der Waals surface area (Å²) in [5.74, 6) is 0.743. The molecule has 114 valence electrons. The van der Waals surface area contributed by atoms with E-state index >= 15 is 0 Å². The summed E-state index contributed by atoms with van der Waals surface area (Å²) < 4.78 is 0. The Morgan fingerprint density at radius 2 is 1.90 bits per heavy atom. The summed E-state index contributed by atoms with van der Waals surface area (Å²) in [7, 11) is 0. The minimum Gasteiger partial charge on any atom is -0.310 e. The van der Waals surface area contributed by atoms with Crippen molar-refractivity contribution in [2.75, 3.05) is 6.54 Å². The molecular weight excluding hydrogens is 246 g/mol. The van der Waals surface area contributed by atoms with Gasteiger partial charge in [-0.25, -0.2) is 0 Å². The molecule has 0 amide bonds. The van der Waals surface area contributed by atoms with Crippen molar-refractivity contribution in [3.05, 3.63) is 23.0 Å². The van der Waals surface area contributed by atoms with E-state index in [0.29, 0.717) is 6.04 Å². The molecule has 0 saturated carbocycles. The lowest BCUT2D eigenvalue weighted by molar-refractivity contribution is 0.387. The van der Waals surface area contributed by atoms with Crippen LogP contribution in [0.4, 0.5) is 0 Å². The summed E-state index contributed by atoms with van der Waals surface area (Å²) >= 11 is 0. The van der Waals surface area contributed by atoms with Gasteiger partial charge >= 0.3 is 0 Å². The van der Waals surface area contributed by atoms with Gasteiger partial charge in [-0.15, -0.1) is 0 Å². The molecule has 1 heterocycles. The maximum Gasteiger partial charge on any atom is 0.0676 e. The summed E-state index contributed by atoms with van der Waals surface area (Å²) in [6.07, 6.45) is 5.86. The Morgan fingerprint density at radius 3 is 2.50 bits per heavy atom. The number of hydrogen-bond donors (Lipinski definition) is 1. The van der Waals surface area contributed by atoms with Crippen molar-refractivity contribution in [1.29, 1.82) is 0 Å². The third-order valence-electron chi connectivity index (χ3n) is 3.80. The van der Waals surface area contributed by atoms with Gasteiger partial charge in [0.2, 0.25) is 0 Å². The minimum absolute atomic E-state index is 0.417. The standard InChI is InChI=1S/C17H31N3/c1-6-9-13(4)11-17(18-10-7-2)15-12-14(5)19-20-16(15)8-3/h12-13,17-18H,6-11H2,1-5H3. The number of aryl methyl sites for hydroxylation is 2. The molecule has 0 radical (unpaired) electrons. The first-order valence-electron chi connectivity index (χ1n) is 8.18. The second-order valence-electron chi connectivity index (χ2n) is 5.88. The molecule has 0 spiro atoms. The van der Waals surface area contributed by atoms with E-state index in [0.717, 1.165) is 36.7 Å².